The summed E-state index contributed by atoms with van der Waals surface area (Å²) in [4.78, 5) is 15.9. The Balaban J connectivity index is 2.78. The quantitative estimate of drug-likeness (QED) is 0.767. The second kappa shape index (κ2) is 3.65. The van der Waals surface area contributed by atoms with Gasteiger partial charge in [-0.2, -0.15) is 8.78 Å². The number of hydrogen-bond donors (Lipinski definition) is 0. The summed E-state index contributed by atoms with van der Waals surface area (Å²) < 4.78 is 27.2. The van der Waals surface area contributed by atoms with Crippen molar-refractivity contribution in [3.63, 3.8) is 0 Å². The highest BCUT2D eigenvalue weighted by atomic mass is 19.3. The average Bonchev–Trinajstić information content (AvgIpc) is 2.60. The third kappa shape index (κ3) is 1.94. The highest BCUT2D eigenvalue weighted by Crippen LogP contribution is 2.20. The lowest BCUT2D eigenvalue weighted by Gasteiger charge is -2.17. The molecule has 0 aliphatic heterocycles. The molecule has 0 radical (unpaired) electrons. The zero-order valence-corrected chi connectivity index (χ0v) is 9.82. The van der Waals surface area contributed by atoms with Crippen molar-refractivity contribution >= 4 is 5.78 Å². The number of aromatic nitrogens is 3. The molecule has 2 rings (SSSR count). The second-order valence-electron chi connectivity index (χ2n) is 4.88. The van der Waals surface area contributed by atoms with E-state index in [1.807, 2.05) is 20.8 Å². The van der Waals surface area contributed by atoms with Crippen LogP contribution in [0.3, 0.4) is 0 Å². The summed E-state index contributed by atoms with van der Waals surface area (Å²) in [5.74, 6) is -0.0302. The van der Waals surface area contributed by atoms with E-state index in [-0.39, 0.29) is 16.8 Å². The van der Waals surface area contributed by atoms with Gasteiger partial charge in [0.2, 0.25) is 5.78 Å². The molecule has 0 aliphatic carbocycles. The Labute approximate surface area is 96.5 Å². The second-order valence-corrected chi connectivity index (χ2v) is 4.88. The first-order valence-corrected chi connectivity index (χ1v) is 5.19. The molecule has 0 fully saturated rings. The number of fused-ring (bicyclic) bond motifs is 1. The Bertz CT molecular complexity index is 607. The zero-order valence-electron chi connectivity index (χ0n) is 9.82. The van der Waals surface area contributed by atoms with Gasteiger partial charge >= 0.3 is 6.55 Å². The van der Waals surface area contributed by atoms with Gasteiger partial charge in [0.1, 0.15) is 0 Å². The monoisotopic (exact) mass is 241 g/mol. The number of alkyl halides is 2. The molecule has 92 valence electrons. The van der Waals surface area contributed by atoms with Crippen molar-refractivity contribution < 1.29 is 8.78 Å². The van der Waals surface area contributed by atoms with Crippen LogP contribution in [0.4, 0.5) is 8.78 Å². The average molecular weight is 241 g/mol. The SMILES string of the molecule is CC(C)(C)c1cc(=O)n2ccn(C(F)F)c2n1. The molecule has 0 atom stereocenters. The fraction of sp³-hybridized carbons (Fsp3) is 0.455. The standard InChI is InChI=1S/C11H13F2N3O/c1-11(2,3)7-6-8(17)15-4-5-16(9(12)13)10(15)14-7/h4-6,9H,1-3H3. The van der Waals surface area contributed by atoms with Gasteiger partial charge in [0, 0.05) is 23.9 Å². The third-order valence-corrected chi connectivity index (χ3v) is 2.52. The van der Waals surface area contributed by atoms with Crippen molar-refractivity contribution in [3.8, 4) is 0 Å². The summed E-state index contributed by atoms with van der Waals surface area (Å²) in [6.45, 7) is 2.92. The maximum absolute atomic E-state index is 12.7. The lowest BCUT2D eigenvalue weighted by molar-refractivity contribution is 0.0740. The normalized spacial score (nSPS) is 12.6. The predicted molar refractivity (Wildman–Crippen MR) is 59.4 cm³/mol. The molecule has 4 nitrogen and oxygen atoms in total. The van der Waals surface area contributed by atoms with Crippen LogP contribution in [-0.2, 0) is 5.41 Å². The van der Waals surface area contributed by atoms with Gasteiger partial charge in [-0.15, -0.1) is 0 Å². The molecule has 2 aromatic rings. The van der Waals surface area contributed by atoms with Crippen LogP contribution in [0.1, 0.15) is 33.0 Å². The Kier molecular flexibility index (Phi) is 2.52. The lowest BCUT2D eigenvalue weighted by atomic mass is 9.92. The van der Waals surface area contributed by atoms with Gasteiger partial charge in [0.05, 0.1) is 5.69 Å². The molecule has 0 bridgehead atoms. The number of halogens is 2. The van der Waals surface area contributed by atoms with Crippen molar-refractivity contribution in [2.45, 2.75) is 32.7 Å². The fourth-order valence-corrected chi connectivity index (χ4v) is 1.54. The van der Waals surface area contributed by atoms with Gasteiger partial charge in [-0.3, -0.25) is 13.8 Å². The van der Waals surface area contributed by atoms with E-state index >= 15 is 0 Å². The predicted octanol–water partition coefficient (Wildman–Crippen LogP) is 2.19. The van der Waals surface area contributed by atoms with Crippen molar-refractivity contribution in [2.24, 2.45) is 0 Å². The van der Waals surface area contributed by atoms with Crippen molar-refractivity contribution in [1.29, 1.82) is 0 Å². The van der Waals surface area contributed by atoms with Crippen LogP contribution < -0.4 is 5.56 Å². The summed E-state index contributed by atoms with van der Waals surface area (Å²) in [7, 11) is 0. The molecule has 2 heterocycles. The van der Waals surface area contributed by atoms with E-state index in [1.165, 1.54) is 12.3 Å². The molecule has 0 spiro atoms. The molecule has 2 aromatic heterocycles. The van der Waals surface area contributed by atoms with Crippen LogP contribution in [0, 0.1) is 0 Å². The van der Waals surface area contributed by atoms with E-state index in [9.17, 15) is 13.6 Å². The number of hydrogen-bond acceptors (Lipinski definition) is 2. The first-order valence-electron chi connectivity index (χ1n) is 5.19. The highest BCUT2D eigenvalue weighted by Gasteiger charge is 2.19. The molecule has 0 unspecified atom stereocenters. The van der Waals surface area contributed by atoms with E-state index in [4.69, 9.17) is 0 Å². The maximum atomic E-state index is 12.7. The molecule has 0 saturated heterocycles. The topological polar surface area (TPSA) is 39.3 Å². The van der Waals surface area contributed by atoms with Crippen molar-refractivity contribution in [3.05, 3.63) is 34.5 Å². The smallest absolute Gasteiger partial charge is 0.269 e. The largest absolute Gasteiger partial charge is 0.321 e. The van der Waals surface area contributed by atoms with Gasteiger partial charge in [0.15, 0.2) is 0 Å². The van der Waals surface area contributed by atoms with Crippen molar-refractivity contribution in [2.75, 3.05) is 0 Å². The van der Waals surface area contributed by atoms with Crippen LogP contribution in [-0.4, -0.2) is 14.0 Å². The van der Waals surface area contributed by atoms with Gasteiger partial charge < -0.3 is 0 Å². The Hall–Kier alpha value is -1.72. The minimum Gasteiger partial charge on any atom is -0.269 e. The highest BCUT2D eigenvalue weighted by molar-refractivity contribution is 5.33. The van der Waals surface area contributed by atoms with E-state index in [0.29, 0.717) is 10.3 Å². The van der Waals surface area contributed by atoms with Crippen LogP contribution >= 0.6 is 0 Å². The zero-order chi connectivity index (χ0) is 12.8. The molecule has 0 N–H and O–H groups in total. The van der Waals surface area contributed by atoms with Crippen LogP contribution in [0.5, 0.6) is 0 Å². The first kappa shape index (κ1) is 11.8. The fourth-order valence-electron chi connectivity index (χ4n) is 1.54. The molecule has 6 heteroatoms. The van der Waals surface area contributed by atoms with Crippen LogP contribution in [0.15, 0.2) is 23.3 Å². The first-order chi connectivity index (χ1) is 7.80. The Morgan fingerprint density at radius 3 is 2.47 bits per heavy atom. The van der Waals surface area contributed by atoms with E-state index in [1.54, 1.807) is 0 Å². The van der Waals surface area contributed by atoms with Crippen LogP contribution in [0.2, 0.25) is 0 Å². The molecule has 0 aliphatic rings. The minimum absolute atomic E-state index is 0.0302. The van der Waals surface area contributed by atoms with Crippen LogP contribution in [0.25, 0.3) is 5.78 Å². The number of nitrogens with zero attached hydrogens (tertiary/aromatic N) is 3. The summed E-state index contributed by atoms with van der Waals surface area (Å²) in [6, 6.07) is 1.38. The van der Waals surface area contributed by atoms with E-state index in [0.717, 1.165) is 10.6 Å². The van der Waals surface area contributed by atoms with E-state index < -0.39 is 6.55 Å². The van der Waals surface area contributed by atoms with Gasteiger partial charge in [-0.05, 0) is 0 Å². The Morgan fingerprint density at radius 1 is 1.29 bits per heavy atom. The summed E-state index contributed by atoms with van der Waals surface area (Å²) in [6.07, 6.45) is 2.45. The van der Waals surface area contributed by atoms with Gasteiger partial charge in [-0.25, -0.2) is 4.98 Å². The van der Waals surface area contributed by atoms with Gasteiger partial charge in [-0.1, -0.05) is 20.8 Å². The molecule has 0 saturated carbocycles. The molecular weight excluding hydrogens is 228 g/mol. The van der Waals surface area contributed by atoms with Gasteiger partial charge in [0.25, 0.3) is 5.56 Å². The number of rotatable bonds is 1. The minimum atomic E-state index is -2.71. The third-order valence-electron chi connectivity index (χ3n) is 2.52. The molecule has 0 aromatic carbocycles. The molecule has 0 amide bonds. The summed E-state index contributed by atoms with van der Waals surface area (Å²) in [5.41, 5.74) is -0.201. The summed E-state index contributed by atoms with van der Waals surface area (Å²) >= 11 is 0. The molecule has 17 heavy (non-hydrogen) atoms. The van der Waals surface area contributed by atoms with E-state index in [2.05, 4.69) is 4.98 Å². The van der Waals surface area contributed by atoms with Crippen molar-refractivity contribution in [1.82, 2.24) is 14.0 Å². The maximum Gasteiger partial charge on any atom is 0.321 e. The number of imidazole rings is 1. The molecular formula is C11H13F2N3O. The Morgan fingerprint density at radius 2 is 1.94 bits per heavy atom. The summed E-state index contributed by atoms with van der Waals surface area (Å²) in [5, 5.41) is 0. The lowest BCUT2D eigenvalue weighted by Crippen LogP contribution is -2.22.